The Bertz CT molecular complexity index is 1780. The first kappa shape index (κ1) is 22.5. The molecule has 0 amide bonds. The van der Waals surface area contributed by atoms with E-state index in [-0.39, 0.29) is 13.0 Å². The summed E-state index contributed by atoms with van der Waals surface area (Å²) in [5, 5.41) is 8.27. The van der Waals surface area contributed by atoms with Gasteiger partial charge in [0.05, 0.1) is 29.2 Å². The Kier molecular flexibility index (Phi) is 5.18. The zero-order valence-corrected chi connectivity index (χ0v) is 20.1. The number of hydrogen-bond donors (Lipinski definition) is 2. The molecule has 0 aromatic carbocycles. The van der Waals surface area contributed by atoms with Crippen LogP contribution in [0.3, 0.4) is 0 Å². The molecule has 7 rings (SSSR count). The van der Waals surface area contributed by atoms with Crippen LogP contribution < -0.4 is 0 Å². The second-order valence-electron chi connectivity index (χ2n) is 9.50. The second-order valence-corrected chi connectivity index (χ2v) is 9.50. The molecule has 0 unspecified atom stereocenters. The molecule has 11 heteroatoms. The Morgan fingerprint density at radius 2 is 1.76 bits per heavy atom. The van der Waals surface area contributed by atoms with E-state index >= 15 is 0 Å². The van der Waals surface area contributed by atoms with Crippen molar-refractivity contribution in [1.29, 1.82) is 0 Å². The number of pyridine rings is 4. The van der Waals surface area contributed by atoms with Crippen molar-refractivity contribution in [3.8, 4) is 33.8 Å². The Balaban J connectivity index is 1.24. The van der Waals surface area contributed by atoms with Crippen LogP contribution >= 0.6 is 0 Å². The molecule has 1 fully saturated rings. The smallest absolute Gasteiger partial charge is 0.261 e. The van der Waals surface area contributed by atoms with Gasteiger partial charge in [-0.1, -0.05) is 0 Å². The first-order valence-electron chi connectivity index (χ1n) is 12.2. The highest BCUT2D eigenvalue weighted by Gasteiger charge is 2.37. The average molecular weight is 510 g/mol. The molecule has 0 bridgehead atoms. The van der Waals surface area contributed by atoms with Gasteiger partial charge >= 0.3 is 0 Å². The number of hydrogen-bond acceptors (Lipinski definition) is 7. The fraction of sp³-hybridized carbons (Fsp3) is 0.185. The monoisotopic (exact) mass is 509 g/mol. The maximum absolute atomic E-state index is 13.6. The molecule has 2 N–H and O–H groups in total. The van der Waals surface area contributed by atoms with E-state index in [0.717, 1.165) is 44.2 Å². The molecule has 7 heterocycles. The van der Waals surface area contributed by atoms with Gasteiger partial charge in [-0.15, -0.1) is 0 Å². The Hall–Kier alpha value is -4.64. The summed E-state index contributed by atoms with van der Waals surface area (Å²) in [6.07, 6.45) is 12.1. The van der Waals surface area contributed by atoms with Gasteiger partial charge in [0.2, 0.25) is 0 Å². The van der Waals surface area contributed by atoms with Gasteiger partial charge in [-0.25, -0.2) is 18.7 Å². The van der Waals surface area contributed by atoms with Crippen molar-refractivity contribution in [2.45, 2.75) is 18.9 Å². The van der Waals surface area contributed by atoms with Gasteiger partial charge in [-0.05, 0) is 35.4 Å². The summed E-state index contributed by atoms with van der Waals surface area (Å²) >= 11 is 0. The number of nitrogens with zero attached hydrogens (tertiary/aromatic N) is 7. The first-order valence-corrected chi connectivity index (χ1v) is 12.2. The van der Waals surface area contributed by atoms with Crippen molar-refractivity contribution in [1.82, 2.24) is 45.0 Å². The van der Waals surface area contributed by atoms with E-state index in [1.165, 1.54) is 0 Å². The fourth-order valence-electron chi connectivity index (χ4n) is 4.96. The minimum atomic E-state index is -2.62. The first-order chi connectivity index (χ1) is 18.5. The number of halogens is 2. The van der Waals surface area contributed by atoms with Crippen molar-refractivity contribution in [3.63, 3.8) is 0 Å². The molecule has 1 saturated heterocycles. The highest BCUT2D eigenvalue weighted by atomic mass is 19.3. The third-order valence-electron chi connectivity index (χ3n) is 6.81. The lowest BCUT2D eigenvalue weighted by molar-refractivity contribution is 0.0115. The predicted molar refractivity (Wildman–Crippen MR) is 138 cm³/mol. The molecule has 0 saturated carbocycles. The quantitative estimate of drug-likeness (QED) is 0.341. The number of rotatable bonds is 5. The maximum Gasteiger partial charge on any atom is 0.261 e. The molecule has 6 aromatic heterocycles. The molecule has 38 heavy (non-hydrogen) atoms. The highest BCUT2D eigenvalue weighted by molar-refractivity contribution is 5.96. The molecule has 9 nitrogen and oxygen atoms in total. The van der Waals surface area contributed by atoms with Crippen molar-refractivity contribution >= 4 is 22.1 Å². The van der Waals surface area contributed by atoms with E-state index in [4.69, 9.17) is 4.98 Å². The van der Waals surface area contributed by atoms with Crippen LogP contribution in [-0.2, 0) is 6.54 Å². The summed E-state index contributed by atoms with van der Waals surface area (Å²) in [5.41, 5.74) is 7.27. The zero-order valence-electron chi connectivity index (χ0n) is 20.1. The summed E-state index contributed by atoms with van der Waals surface area (Å²) in [7, 11) is 0. The lowest BCUT2D eigenvalue weighted by Crippen LogP contribution is -2.24. The third-order valence-corrected chi connectivity index (χ3v) is 6.81. The van der Waals surface area contributed by atoms with Crippen molar-refractivity contribution in [3.05, 3.63) is 73.2 Å². The molecule has 0 radical (unpaired) electrons. The molecule has 0 aliphatic carbocycles. The van der Waals surface area contributed by atoms with Gasteiger partial charge in [0.15, 0.2) is 11.5 Å². The number of nitrogens with one attached hydrogen (secondary N) is 2. The molecular formula is C27H21F2N9. The average Bonchev–Trinajstić information content (AvgIpc) is 3.64. The number of H-pyrrole nitrogens is 2. The van der Waals surface area contributed by atoms with Gasteiger partial charge in [-0.3, -0.25) is 25.0 Å². The summed E-state index contributed by atoms with van der Waals surface area (Å²) in [6.45, 7) is 0.577. The van der Waals surface area contributed by atoms with Crippen LogP contribution in [-0.4, -0.2) is 64.0 Å². The largest absolute Gasteiger partial charge is 0.335 e. The Labute approximate surface area is 215 Å². The van der Waals surface area contributed by atoms with E-state index in [0.29, 0.717) is 30.3 Å². The minimum Gasteiger partial charge on any atom is -0.335 e. The van der Waals surface area contributed by atoms with Crippen LogP contribution in [0.4, 0.5) is 8.78 Å². The normalized spacial score (nSPS) is 15.5. The Morgan fingerprint density at radius 3 is 2.61 bits per heavy atom. The number of imidazole rings is 1. The van der Waals surface area contributed by atoms with Gasteiger partial charge < -0.3 is 4.98 Å². The van der Waals surface area contributed by atoms with Crippen LogP contribution in [0, 0.1) is 0 Å². The van der Waals surface area contributed by atoms with Gasteiger partial charge in [0, 0.05) is 73.4 Å². The fourth-order valence-corrected chi connectivity index (χ4v) is 4.96. The lowest BCUT2D eigenvalue weighted by Gasteiger charge is -2.15. The summed E-state index contributed by atoms with van der Waals surface area (Å²) in [6, 6.07) is 7.80. The molecule has 1 aliphatic heterocycles. The molecular weight excluding hydrogens is 488 g/mol. The third kappa shape index (κ3) is 4.06. The van der Waals surface area contributed by atoms with Crippen LogP contribution in [0.15, 0.2) is 67.6 Å². The van der Waals surface area contributed by atoms with Crippen molar-refractivity contribution < 1.29 is 8.78 Å². The zero-order chi connectivity index (χ0) is 25.7. The minimum absolute atomic E-state index is 0.105. The number of likely N-dealkylation sites (tertiary alicyclic amines) is 1. The molecule has 1 aliphatic rings. The highest BCUT2D eigenvalue weighted by Crippen LogP contribution is 2.32. The van der Waals surface area contributed by atoms with E-state index in [2.05, 4.69) is 35.1 Å². The standard InChI is InChI=1S/C27H21F2N9/c28-27(29)3-6-38(15-27)14-16-7-18(10-31-9-16)19-8-20-24(36-37-25(20)33-11-19)26-34-22-13-32-12-21(23(22)35-26)17-1-4-30-5-2-17/h1-2,4-5,7-13H,3,6,14-15H2,(H,34,35)(H,33,36,37). The summed E-state index contributed by atoms with van der Waals surface area (Å²) in [5.74, 6) is -2.03. The van der Waals surface area contributed by atoms with Gasteiger partial charge in [0.25, 0.3) is 5.92 Å². The number of aromatic amines is 2. The SMILES string of the molecule is FC1(F)CCN(Cc2cncc(-c3cnc4[nH]nc(-c5nc6c(-c7ccncc7)cncc6[nH]5)c4c3)c2)C1. The van der Waals surface area contributed by atoms with E-state index < -0.39 is 5.92 Å². The van der Waals surface area contributed by atoms with Crippen LogP contribution in [0.2, 0.25) is 0 Å². The molecule has 6 aromatic rings. The maximum atomic E-state index is 13.6. The number of alkyl halides is 2. The number of aromatic nitrogens is 8. The molecule has 0 spiro atoms. The Morgan fingerprint density at radius 1 is 0.921 bits per heavy atom. The lowest BCUT2D eigenvalue weighted by atomic mass is 10.1. The predicted octanol–water partition coefficient (Wildman–Crippen LogP) is 4.86. The van der Waals surface area contributed by atoms with Gasteiger partial charge in [0.1, 0.15) is 5.69 Å². The summed E-state index contributed by atoms with van der Waals surface area (Å²) in [4.78, 5) is 27.3. The van der Waals surface area contributed by atoms with Crippen LogP contribution in [0.5, 0.6) is 0 Å². The van der Waals surface area contributed by atoms with Crippen LogP contribution in [0.1, 0.15) is 12.0 Å². The second kappa shape index (κ2) is 8.73. The van der Waals surface area contributed by atoms with E-state index in [9.17, 15) is 8.78 Å². The molecule has 0 atom stereocenters. The van der Waals surface area contributed by atoms with Crippen molar-refractivity contribution in [2.24, 2.45) is 0 Å². The topological polar surface area (TPSA) is 112 Å². The van der Waals surface area contributed by atoms with Gasteiger partial charge in [-0.2, -0.15) is 5.10 Å². The summed E-state index contributed by atoms with van der Waals surface area (Å²) < 4.78 is 27.3. The number of fused-ring (bicyclic) bond motifs is 2. The van der Waals surface area contributed by atoms with Crippen molar-refractivity contribution in [2.75, 3.05) is 13.1 Å². The van der Waals surface area contributed by atoms with E-state index in [1.807, 2.05) is 24.3 Å². The van der Waals surface area contributed by atoms with E-state index in [1.54, 1.807) is 48.3 Å². The van der Waals surface area contributed by atoms with Crippen LogP contribution in [0.25, 0.3) is 55.8 Å². The molecule has 188 valence electrons.